The number of rotatable bonds is 8. The Balaban J connectivity index is 1.41. The number of anilines is 2. The number of nitrogens with zero attached hydrogens (tertiary/aromatic N) is 3. The molecule has 0 aliphatic carbocycles. The molecule has 2 aromatic carbocycles. The van der Waals surface area contributed by atoms with Crippen molar-refractivity contribution in [1.82, 2.24) is 19.9 Å². The molecule has 1 aliphatic heterocycles. The third kappa shape index (κ3) is 5.14. The number of aryl methyl sites for hydroxylation is 2. The molecule has 0 unspecified atom stereocenters. The molecule has 0 bridgehead atoms. The first-order chi connectivity index (χ1) is 18.3. The van der Waals surface area contributed by atoms with Gasteiger partial charge < -0.3 is 21.5 Å². The van der Waals surface area contributed by atoms with Crippen LogP contribution in [0.3, 0.4) is 0 Å². The van der Waals surface area contributed by atoms with Crippen LogP contribution in [0.5, 0.6) is 0 Å². The zero-order valence-electron chi connectivity index (χ0n) is 21.1. The summed E-state index contributed by atoms with van der Waals surface area (Å²) < 4.78 is 1.48. The van der Waals surface area contributed by atoms with Gasteiger partial charge in [-0.25, -0.2) is 9.97 Å². The van der Waals surface area contributed by atoms with Gasteiger partial charge in [-0.3, -0.25) is 14.2 Å². The van der Waals surface area contributed by atoms with Gasteiger partial charge >= 0.3 is 0 Å². The summed E-state index contributed by atoms with van der Waals surface area (Å²) in [7, 11) is 0. The number of fused-ring (bicyclic) bond motifs is 1. The van der Waals surface area contributed by atoms with E-state index in [0.29, 0.717) is 29.9 Å². The number of amides is 1. The molecule has 2 aromatic heterocycles. The molecule has 0 saturated carbocycles. The van der Waals surface area contributed by atoms with E-state index in [-0.39, 0.29) is 24.7 Å². The van der Waals surface area contributed by atoms with Crippen LogP contribution in [0.4, 0.5) is 11.6 Å². The van der Waals surface area contributed by atoms with Crippen molar-refractivity contribution in [3.8, 4) is 0 Å². The molecule has 1 aliphatic rings. The smallest absolute Gasteiger partial charge is 0.294 e. The van der Waals surface area contributed by atoms with Crippen LogP contribution in [0.2, 0.25) is 0 Å². The molecule has 0 radical (unpaired) electrons. The van der Waals surface area contributed by atoms with Gasteiger partial charge in [-0.05, 0) is 37.0 Å². The van der Waals surface area contributed by atoms with Crippen molar-refractivity contribution in [2.75, 3.05) is 11.1 Å². The van der Waals surface area contributed by atoms with Crippen LogP contribution in [0.15, 0.2) is 83.8 Å². The molecule has 4 aromatic rings. The molecule has 0 fully saturated rings. The zero-order valence-corrected chi connectivity index (χ0v) is 21.1. The molecule has 9 heteroatoms. The van der Waals surface area contributed by atoms with Crippen LogP contribution in [0.25, 0.3) is 0 Å². The number of aliphatic hydroxyl groups is 1. The summed E-state index contributed by atoms with van der Waals surface area (Å²) >= 11 is 0. The molecule has 194 valence electrons. The Bertz CT molecular complexity index is 1510. The Labute approximate surface area is 220 Å². The first-order valence-electron chi connectivity index (χ1n) is 12.5. The van der Waals surface area contributed by atoms with E-state index in [9.17, 15) is 14.7 Å². The number of aromatic nitrogens is 3. The molecular weight excluding hydrogens is 480 g/mol. The van der Waals surface area contributed by atoms with E-state index in [1.165, 1.54) is 4.57 Å². The summed E-state index contributed by atoms with van der Waals surface area (Å²) in [6.45, 7) is 2.11. The number of benzene rings is 2. The minimum absolute atomic E-state index is 0.0192. The van der Waals surface area contributed by atoms with E-state index in [2.05, 4.69) is 20.6 Å². The molecule has 2 atom stereocenters. The molecule has 3 heterocycles. The predicted molar refractivity (Wildman–Crippen MR) is 145 cm³/mol. The summed E-state index contributed by atoms with van der Waals surface area (Å²) in [5.74, 6) is 0.139. The average molecular weight is 511 g/mol. The molecule has 5 rings (SSSR count). The predicted octanol–water partition coefficient (Wildman–Crippen LogP) is 2.83. The second-order valence-electron chi connectivity index (χ2n) is 9.54. The highest BCUT2D eigenvalue weighted by Gasteiger charge is 2.34. The minimum Gasteiger partial charge on any atom is -0.384 e. The highest BCUT2D eigenvalue weighted by molar-refractivity contribution is 5.81. The van der Waals surface area contributed by atoms with Crippen LogP contribution >= 0.6 is 0 Å². The van der Waals surface area contributed by atoms with Crippen molar-refractivity contribution in [2.24, 2.45) is 0 Å². The van der Waals surface area contributed by atoms with Gasteiger partial charge in [0.25, 0.3) is 5.56 Å². The SMILES string of the molecule is Cc1nc(N)ccc1CNC(=O)[C@@H]1CCc2cnc(N[C@](O)(Cc3ccccc3)c3ccccc3)c(=O)n21. The number of carbonyl (C=O) groups excluding carboxylic acids is 1. The van der Waals surface area contributed by atoms with E-state index < -0.39 is 17.3 Å². The monoisotopic (exact) mass is 510 g/mol. The Morgan fingerprint density at radius 1 is 1.11 bits per heavy atom. The lowest BCUT2D eigenvalue weighted by atomic mass is 9.95. The quantitative estimate of drug-likeness (QED) is 0.268. The van der Waals surface area contributed by atoms with Crippen LogP contribution in [-0.2, 0) is 29.9 Å². The van der Waals surface area contributed by atoms with Crippen molar-refractivity contribution in [3.63, 3.8) is 0 Å². The van der Waals surface area contributed by atoms with E-state index in [1.807, 2.05) is 61.5 Å². The second kappa shape index (κ2) is 10.5. The number of nitrogen functional groups attached to an aromatic ring is 1. The standard InChI is InChI=1S/C29H30N6O3/c1-19-21(12-15-25(30)33-19)17-32-27(36)24-14-13-23-18-31-26(28(37)35(23)24)34-29(38,22-10-6-3-7-11-22)16-20-8-4-2-5-9-20/h2-12,15,18,24,38H,13-14,16-17H2,1H3,(H2,30,33)(H,31,34)(H,32,36)/t24-,29-/m0/s1. The minimum atomic E-state index is -1.60. The highest BCUT2D eigenvalue weighted by atomic mass is 16.3. The number of hydrogen-bond acceptors (Lipinski definition) is 7. The van der Waals surface area contributed by atoms with Gasteiger partial charge in [0.15, 0.2) is 11.5 Å². The lowest BCUT2D eigenvalue weighted by molar-refractivity contribution is -0.124. The highest BCUT2D eigenvalue weighted by Crippen LogP contribution is 2.28. The van der Waals surface area contributed by atoms with Crippen LogP contribution in [0.1, 0.15) is 40.5 Å². The van der Waals surface area contributed by atoms with Gasteiger partial charge in [0.2, 0.25) is 5.91 Å². The van der Waals surface area contributed by atoms with Gasteiger partial charge in [0.05, 0.1) is 0 Å². The summed E-state index contributed by atoms with van der Waals surface area (Å²) in [5.41, 5.74) is 7.43. The van der Waals surface area contributed by atoms with Crippen LogP contribution in [0, 0.1) is 6.92 Å². The fourth-order valence-electron chi connectivity index (χ4n) is 4.89. The van der Waals surface area contributed by atoms with Gasteiger partial charge in [0, 0.05) is 36.1 Å². The summed E-state index contributed by atoms with van der Waals surface area (Å²) in [6.07, 6.45) is 2.84. The number of nitrogens with one attached hydrogen (secondary N) is 2. The van der Waals surface area contributed by atoms with E-state index >= 15 is 0 Å². The Kier molecular flexibility index (Phi) is 6.93. The largest absolute Gasteiger partial charge is 0.384 e. The Hall–Kier alpha value is -4.50. The first-order valence-corrected chi connectivity index (χ1v) is 12.5. The average Bonchev–Trinajstić information content (AvgIpc) is 3.36. The maximum atomic E-state index is 13.6. The maximum Gasteiger partial charge on any atom is 0.294 e. The lowest BCUT2D eigenvalue weighted by Gasteiger charge is -2.30. The van der Waals surface area contributed by atoms with Crippen molar-refractivity contribution < 1.29 is 9.90 Å². The van der Waals surface area contributed by atoms with E-state index in [1.54, 1.807) is 24.4 Å². The van der Waals surface area contributed by atoms with Gasteiger partial charge in [-0.15, -0.1) is 0 Å². The number of nitrogens with two attached hydrogens (primary N) is 1. The summed E-state index contributed by atoms with van der Waals surface area (Å²) in [5, 5.41) is 17.7. The molecule has 0 spiro atoms. The maximum absolute atomic E-state index is 13.6. The fraction of sp³-hybridized carbons (Fsp3) is 0.241. The molecule has 5 N–H and O–H groups in total. The first kappa shape index (κ1) is 25.2. The summed E-state index contributed by atoms with van der Waals surface area (Å²) in [4.78, 5) is 35.4. The Morgan fingerprint density at radius 3 is 2.53 bits per heavy atom. The molecule has 38 heavy (non-hydrogen) atoms. The van der Waals surface area contributed by atoms with E-state index in [0.717, 1.165) is 16.8 Å². The number of pyridine rings is 1. The normalized spacial score (nSPS) is 15.9. The lowest BCUT2D eigenvalue weighted by Crippen LogP contribution is -2.42. The van der Waals surface area contributed by atoms with Crippen LogP contribution in [-0.4, -0.2) is 25.5 Å². The summed E-state index contributed by atoms with van der Waals surface area (Å²) in [6, 6.07) is 21.5. The van der Waals surface area contributed by atoms with Crippen molar-refractivity contribution in [2.45, 2.75) is 44.5 Å². The van der Waals surface area contributed by atoms with Gasteiger partial charge in [-0.2, -0.15) is 0 Å². The molecular formula is C29H30N6O3. The van der Waals surface area contributed by atoms with Gasteiger partial charge in [-0.1, -0.05) is 66.7 Å². The molecule has 1 amide bonds. The zero-order chi connectivity index (χ0) is 26.7. The van der Waals surface area contributed by atoms with Gasteiger partial charge in [0.1, 0.15) is 11.9 Å². The fourth-order valence-corrected chi connectivity index (χ4v) is 4.89. The van der Waals surface area contributed by atoms with Crippen molar-refractivity contribution in [1.29, 1.82) is 0 Å². The second-order valence-corrected chi connectivity index (χ2v) is 9.54. The van der Waals surface area contributed by atoms with Crippen LogP contribution < -0.4 is 21.9 Å². The number of hydrogen-bond donors (Lipinski definition) is 4. The van der Waals surface area contributed by atoms with Crippen molar-refractivity contribution in [3.05, 3.63) is 117 Å². The topological polar surface area (TPSA) is 135 Å². The molecule has 0 saturated heterocycles. The number of carbonyl (C=O) groups is 1. The molecule has 9 nitrogen and oxygen atoms in total. The Morgan fingerprint density at radius 2 is 1.82 bits per heavy atom. The third-order valence-electron chi connectivity index (χ3n) is 6.91. The van der Waals surface area contributed by atoms with Crippen molar-refractivity contribution >= 4 is 17.5 Å². The third-order valence-corrected chi connectivity index (χ3v) is 6.91. The van der Waals surface area contributed by atoms with E-state index in [4.69, 9.17) is 5.73 Å².